The Balaban J connectivity index is 2.23. The van der Waals surface area contributed by atoms with Crippen molar-refractivity contribution in [3.05, 3.63) is 53.6 Å². The zero-order chi connectivity index (χ0) is 22.0. The molecule has 0 fully saturated rings. The first kappa shape index (κ1) is 22.9. The van der Waals surface area contributed by atoms with Gasteiger partial charge in [0.2, 0.25) is 10.0 Å². The molecule has 0 aliphatic heterocycles. The highest BCUT2D eigenvalue weighted by Gasteiger charge is 2.18. The Morgan fingerprint density at radius 2 is 1.66 bits per heavy atom. The molecule has 0 radical (unpaired) electrons. The molecule has 10 heteroatoms. The van der Waals surface area contributed by atoms with Gasteiger partial charge >= 0.3 is 0 Å². The van der Waals surface area contributed by atoms with Gasteiger partial charge in [-0.2, -0.15) is 0 Å². The molecule has 0 saturated heterocycles. The summed E-state index contributed by atoms with van der Waals surface area (Å²) in [6.07, 6.45) is 0.992. The molecule has 8 nitrogen and oxygen atoms in total. The average Bonchev–Trinajstić information content (AvgIpc) is 2.63. The van der Waals surface area contributed by atoms with Gasteiger partial charge in [0.15, 0.2) is 9.84 Å². The first-order chi connectivity index (χ1) is 13.3. The zero-order valence-electron chi connectivity index (χ0n) is 16.7. The van der Waals surface area contributed by atoms with Crippen LogP contribution in [0.2, 0.25) is 0 Å². The minimum atomic E-state index is -4.02. The van der Waals surface area contributed by atoms with Gasteiger partial charge in [-0.3, -0.25) is 4.79 Å². The number of carbonyl (C=O) groups excluding carboxylic acids is 1. The van der Waals surface area contributed by atoms with Crippen molar-refractivity contribution in [2.75, 3.05) is 18.6 Å². The fourth-order valence-corrected chi connectivity index (χ4v) is 4.03. The molecule has 0 heterocycles. The molecule has 2 rings (SSSR count). The van der Waals surface area contributed by atoms with Crippen LogP contribution in [0, 0.1) is 0 Å². The van der Waals surface area contributed by atoms with Crippen molar-refractivity contribution in [1.29, 1.82) is 0 Å². The second-order valence-electron chi connectivity index (χ2n) is 7.04. The highest BCUT2D eigenvalue weighted by atomic mass is 32.2. The molecule has 29 heavy (non-hydrogen) atoms. The van der Waals surface area contributed by atoms with E-state index in [-0.39, 0.29) is 34.0 Å². The van der Waals surface area contributed by atoms with Crippen molar-refractivity contribution in [3.8, 4) is 0 Å². The summed E-state index contributed by atoms with van der Waals surface area (Å²) in [4.78, 5) is 13.5. The third-order valence-corrected chi connectivity index (χ3v) is 6.51. The van der Waals surface area contributed by atoms with Crippen LogP contribution >= 0.6 is 0 Å². The van der Waals surface area contributed by atoms with Crippen molar-refractivity contribution in [1.82, 2.24) is 4.90 Å². The lowest BCUT2D eigenvalue weighted by Gasteiger charge is -2.21. The third-order valence-electron chi connectivity index (χ3n) is 4.46. The van der Waals surface area contributed by atoms with Crippen LogP contribution < -0.4 is 10.5 Å². The number of benzene rings is 2. The smallest absolute Gasteiger partial charge is 0.253 e. The summed E-state index contributed by atoms with van der Waals surface area (Å²) in [7, 11) is -5.98. The standard InChI is InChI=1S/C19H25N3O5S2/c1-13(2)22(3)19(23)15-7-5-14(6-8-15)12-21-17-10-9-16(29(20,26)27)11-18(17)28(4,24)25/h5-11,13,21H,12H2,1-4H3,(H2,20,26,27). The number of amides is 1. The summed E-state index contributed by atoms with van der Waals surface area (Å²) in [6, 6.07) is 10.7. The predicted molar refractivity (Wildman–Crippen MR) is 112 cm³/mol. The minimum absolute atomic E-state index is 0.0820. The van der Waals surface area contributed by atoms with Gasteiger partial charge in [0.25, 0.3) is 5.91 Å². The zero-order valence-corrected chi connectivity index (χ0v) is 18.3. The lowest BCUT2D eigenvalue weighted by atomic mass is 10.1. The minimum Gasteiger partial charge on any atom is -0.380 e. The number of hydrogen-bond donors (Lipinski definition) is 2. The lowest BCUT2D eigenvalue weighted by Crippen LogP contribution is -2.32. The molecular weight excluding hydrogens is 414 g/mol. The van der Waals surface area contributed by atoms with Crippen molar-refractivity contribution < 1.29 is 21.6 Å². The summed E-state index contributed by atoms with van der Waals surface area (Å²) in [6.45, 7) is 4.14. The number of primary sulfonamides is 1. The summed E-state index contributed by atoms with van der Waals surface area (Å²) >= 11 is 0. The number of carbonyl (C=O) groups is 1. The maximum absolute atomic E-state index is 12.3. The number of nitrogens with one attached hydrogen (secondary N) is 1. The fraction of sp³-hybridized carbons (Fsp3) is 0.316. The van der Waals surface area contributed by atoms with E-state index in [1.807, 2.05) is 13.8 Å². The third kappa shape index (κ3) is 5.78. The van der Waals surface area contributed by atoms with Crippen LogP contribution in [0.25, 0.3) is 0 Å². The van der Waals surface area contributed by atoms with Gasteiger partial charge in [-0.05, 0) is 49.7 Å². The molecule has 158 valence electrons. The molecule has 0 aliphatic rings. The number of nitrogens with two attached hydrogens (primary N) is 1. The van der Waals surface area contributed by atoms with E-state index in [4.69, 9.17) is 5.14 Å². The number of nitrogens with zero attached hydrogens (tertiary/aromatic N) is 1. The van der Waals surface area contributed by atoms with Gasteiger partial charge in [0.05, 0.1) is 15.5 Å². The molecule has 0 bridgehead atoms. The maximum Gasteiger partial charge on any atom is 0.253 e. The largest absolute Gasteiger partial charge is 0.380 e. The van der Waals surface area contributed by atoms with Crippen LogP contribution in [0.4, 0.5) is 5.69 Å². The first-order valence-electron chi connectivity index (χ1n) is 8.77. The average molecular weight is 440 g/mol. The molecule has 0 atom stereocenters. The molecule has 3 N–H and O–H groups in total. The number of anilines is 1. The number of sulfonamides is 1. The predicted octanol–water partition coefficient (Wildman–Crippen LogP) is 1.83. The van der Waals surface area contributed by atoms with Crippen LogP contribution in [-0.4, -0.2) is 47.0 Å². The Kier molecular flexibility index (Phi) is 6.71. The molecular formula is C19H25N3O5S2. The van der Waals surface area contributed by atoms with Crippen LogP contribution in [0.3, 0.4) is 0 Å². The monoisotopic (exact) mass is 439 g/mol. The normalized spacial score (nSPS) is 12.1. The molecule has 0 saturated carbocycles. The van der Waals surface area contributed by atoms with Gasteiger partial charge < -0.3 is 10.2 Å². The molecule has 0 unspecified atom stereocenters. The Labute approximate surface area is 171 Å². The summed E-state index contributed by atoms with van der Waals surface area (Å²) in [5.74, 6) is -0.0857. The molecule has 2 aromatic carbocycles. The highest BCUT2D eigenvalue weighted by Crippen LogP contribution is 2.25. The van der Waals surface area contributed by atoms with Crippen LogP contribution in [-0.2, 0) is 26.4 Å². The fourth-order valence-electron chi connectivity index (χ4n) is 2.53. The molecule has 0 aromatic heterocycles. The Hall–Kier alpha value is -2.43. The summed E-state index contributed by atoms with van der Waals surface area (Å²) < 4.78 is 47.2. The number of sulfone groups is 1. The molecule has 0 spiro atoms. The van der Waals surface area contributed by atoms with E-state index in [1.54, 1.807) is 36.2 Å². The van der Waals surface area contributed by atoms with E-state index in [0.717, 1.165) is 17.9 Å². The van der Waals surface area contributed by atoms with Gasteiger partial charge in [-0.15, -0.1) is 0 Å². The maximum atomic E-state index is 12.3. The van der Waals surface area contributed by atoms with E-state index in [9.17, 15) is 21.6 Å². The second kappa shape index (κ2) is 8.52. The van der Waals surface area contributed by atoms with Crippen molar-refractivity contribution in [3.63, 3.8) is 0 Å². The Morgan fingerprint density at radius 3 is 2.14 bits per heavy atom. The van der Waals surface area contributed by atoms with E-state index in [0.29, 0.717) is 5.56 Å². The Bertz CT molecular complexity index is 1110. The SMILES string of the molecule is CC(C)N(C)C(=O)c1ccc(CNc2ccc(S(N)(=O)=O)cc2S(C)(=O)=O)cc1. The second-order valence-corrected chi connectivity index (χ2v) is 10.6. The van der Waals surface area contributed by atoms with Crippen LogP contribution in [0.15, 0.2) is 52.3 Å². The van der Waals surface area contributed by atoms with Gasteiger partial charge in [0.1, 0.15) is 0 Å². The Morgan fingerprint density at radius 1 is 1.07 bits per heavy atom. The van der Waals surface area contributed by atoms with Crippen LogP contribution in [0.5, 0.6) is 0 Å². The number of hydrogen-bond acceptors (Lipinski definition) is 6. The van der Waals surface area contributed by atoms with E-state index >= 15 is 0 Å². The lowest BCUT2D eigenvalue weighted by molar-refractivity contribution is 0.0755. The molecule has 1 amide bonds. The topological polar surface area (TPSA) is 127 Å². The van der Waals surface area contributed by atoms with Crippen molar-refractivity contribution >= 4 is 31.5 Å². The van der Waals surface area contributed by atoms with E-state index in [1.165, 1.54) is 12.1 Å². The van der Waals surface area contributed by atoms with Gasteiger partial charge in [0, 0.05) is 31.5 Å². The van der Waals surface area contributed by atoms with E-state index < -0.39 is 19.9 Å². The summed E-state index contributed by atoms with van der Waals surface area (Å²) in [5.41, 5.74) is 1.64. The first-order valence-corrected chi connectivity index (χ1v) is 12.2. The quantitative estimate of drug-likeness (QED) is 0.678. The molecule has 0 aliphatic carbocycles. The van der Waals surface area contributed by atoms with Crippen LogP contribution in [0.1, 0.15) is 29.8 Å². The summed E-state index contributed by atoms with van der Waals surface area (Å²) in [5, 5.41) is 8.08. The van der Waals surface area contributed by atoms with Crippen molar-refractivity contribution in [2.24, 2.45) is 5.14 Å². The van der Waals surface area contributed by atoms with Crippen molar-refractivity contribution in [2.45, 2.75) is 36.2 Å². The molecule has 2 aromatic rings. The van der Waals surface area contributed by atoms with Gasteiger partial charge in [-0.25, -0.2) is 22.0 Å². The highest BCUT2D eigenvalue weighted by molar-refractivity contribution is 7.91. The number of rotatable bonds is 7. The van der Waals surface area contributed by atoms with E-state index in [2.05, 4.69) is 5.32 Å². The van der Waals surface area contributed by atoms with Gasteiger partial charge in [-0.1, -0.05) is 12.1 Å².